The lowest BCUT2D eigenvalue weighted by Gasteiger charge is -2.16. The summed E-state index contributed by atoms with van der Waals surface area (Å²) in [6, 6.07) is 8.72. The van der Waals surface area contributed by atoms with Crippen LogP contribution in [0, 0.1) is 11.6 Å². The summed E-state index contributed by atoms with van der Waals surface area (Å²) in [4.78, 5) is 28.5. The standard InChI is InChI=1S/C20H18F2N2O3/c1-2-27-18(26)12-24-14(9-8-13-5-3-6-15(21)19(13)22)11-17(25)20-16(24)7-4-10-23-20/h3-7,10-11H,2,8-9,12H2,1H3. The minimum absolute atomic E-state index is 0.0999. The van der Waals surface area contributed by atoms with Gasteiger partial charge in [-0.15, -0.1) is 0 Å². The van der Waals surface area contributed by atoms with Gasteiger partial charge in [0.2, 0.25) is 5.43 Å². The van der Waals surface area contributed by atoms with E-state index in [1.165, 1.54) is 24.4 Å². The maximum absolute atomic E-state index is 13.9. The van der Waals surface area contributed by atoms with Crippen LogP contribution in [0.5, 0.6) is 0 Å². The van der Waals surface area contributed by atoms with E-state index in [0.717, 1.165) is 6.07 Å². The molecule has 0 aliphatic rings. The average molecular weight is 372 g/mol. The first-order valence-electron chi connectivity index (χ1n) is 8.57. The molecule has 3 rings (SSSR count). The van der Waals surface area contributed by atoms with Crippen LogP contribution in [-0.2, 0) is 28.9 Å². The lowest BCUT2D eigenvalue weighted by atomic mass is 10.1. The second-order valence-corrected chi connectivity index (χ2v) is 5.98. The highest BCUT2D eigenvalue weighted by molar-refractivity contribution is 5.78. The van der Waals surface area contributed by atoms with Crippen molar-refractivity contribution in [2.24, 2.45) is 0 Å². The predicted molar refractivity (Wildman–Crippen MR) is 96.4 cm³/mol. The van der Waals surface area contributed by atoms with E-state index < -0.39 is 17.6 Å². The number of fused-ring (bicyclic) bond motifs is 1. The molecule has 0 saturated carbocycles. The monoisotopic (exact) mass is 372 g/mol. The Labute approximate surface area is 154 Å². The predicted octanol–water partition coefficient (Wildman–Crippen LogP) is 3.02. The number of carbonyl (C=O) groups excluding carboxylic acids is 1. The van der Waals surface area contributed by atoms with E-state index in [-0.39, 0.29) is 42.5 Å². The number of esters is 1. The van der Waals surface area contributed by atoms with Crippen molar-refractivity contribution in [3.63, 3.8) is 0 Å². The summed E-state index contributed by atoms with van der Waals surface area (Å²) in [5.41, 5.74) is 1.17. The molecule has 0 atom stereocenters. The summed E-state index contributed by atoms with van der Waals surface area (Å²) in [6.45, 7) is 1.84. The number of carbonyl (C=O) groups is 1. The second kappa shape index (κ2) is 8.07. The van der Waals surface area contributed by atoms with Gasteiger partial charge in [0.05, 0.1) is 12.1 Å². The molecule has 0 fully saturated rings. The molecule has 140 valence electrons. The van der Waals surface area contributed by atoms with E-state index in [9.17, 15) is 18.4 Å². The number of hydrogen-bond acceptors (Lipinski definition) is 4. The van der Waals surface area contributed by atoms with Crippen molar-refractivity contribution in [3.8, 4) is 0 Å². The zero-order valence-electron chi connectivity index (χ0n) is 14.7. The molecule has 0 aliphatic heterocycles. The Kier molecular flexibility index (Phi) is 5.59. The summed E-state index contributed by atoms with van der Waals surface area (Å²) in [7, 11) is 0. The molecule has 1 aromatic carbocycles. The van der Waals surface area contributed by atoms with Gasteiger partial charge in [0, 0.05) is 18.0 Å². The fourth-order valence-corrected chi connectivity index (χ4v) is 2.99. The number of aryl methyl sites for hydroxylation is 2. The van der Waals surface area contributed by atoms with Gasteiger partial charge in [0.1, 0.15) is 12.1 Å². The third-order valence-electron chi connectivity index (χ3n) is 4.23. The molecule has 2 aromatic heterocycles. The summed E-state index contributed by atoms with van der Waals surface area (Å²) >= 11 is 0. The van der Waals surface area contributed by atoms with Crippen molar-refractivity contribution < 1.29 is 18.3 Å². The van der Waals surface area contributed by atoms with Crippen molar-refractivity contribution in [1.29, 1.82) is 0 Å². The van der Waals surface area contributed by atoms with Gasteiger partial charge in [-0.1, -0.05) is 12.1 Å². The van der Waals surface area contributed by atoms with E-state index in [0.29, 0.717) is 11.2 Å². The molecule has 27 heavy (non-hydrogen) atoms. The zero-order chi connectivity index (χ0) is 19.4. The first kappa shape index (κ1) is 18.7. The molecule has 0 radical (unpaired) electrons. The Morgan fingerprint density at radius 1 is 1.19 bits per heavy atom. The quantitative estimate of drug-likeness (QED) is 0.624. The van der Waals surface area contributed by atoms with Gasteiger partial charge in [-0.3, -0.25) is 14.6 Å². The van der Waals surface area contributed by atoms with Crippen molar-refractivity contribution in [1.82, 2.24) is 9.55 Å². The number of nitrogens with zero attached hydrogens (tertiary/aromatic N) is 2. The fourth-order valence-electron chi connectivity index (χ4n) is 2.99. The Hall–Kier alpha value is -3.09. The van der Waals surface area contributed by atoms with E-state index in [1.807, 2.05) is 0 Å². The molecule has 0 saturated heterocycles. The smallest absolute Gasteiger partial charge is 0.325 e. The molecule has 0 unspecified atom stereocenters. The lowest BCUT2D eigenvalue weighted by Crippen LogP contribution is -2.21. The van der Waals surface area contributed by atoms with Crippen LogP contribution >= 0.6 is 0 Å². The minimum Gasteiger partial charge on any atom is -0.465 e. The Balaban J connectivity index is 2.01. The molecule has 0 amide bonds. The van der Waals surface area contributed by atoms with Crippen LogP contribution in [0.4, 0.5) is 8.78 Å². The van der Waals surface area contributed by atoms with Crippen LogP contribution in [0.2, 0.25) is 0 Å². The topological polar surface area (TPSA) is 61.2 Å². The minimum atomic E-state index is -0.917. The van der Waals surface area contributed by atoms with Gasteiger partial charge in [0.15, 0.2) is 11.6 Å². The molecular formula is C20H18F2N2O3. The van der Waals surface area contributed by atoms with E-state index in [1.54, 1.807) is 23.6 Å². The van der Waals surface area contributed by atoms with Crippen LogP contribution in [0.1, 0.15) is 18.2 Å². The first-order valence-corrected chi connectivity index (χ1v) is 8.57. The number of hydrogen-bond donors (Lipinski definition) is 0. The summed E-state index contributed by atoms with van der Waals surface area (Å²) < 4.78 is 34.0. The molecule has 2 heterocycles. The number of rotatable bonds is 6. The maximum atomic E-state index is 13.9. The number of aromatic nitrogens is 2. The van der Waals surface area contributed by atoms with Gasteiger partial charge >= 0.3 is 5.97 Å². The molecule has 5 nitrogen and oxygen atoms in total. The van der Waals surface area contributed by atoms with Crippen molar-refractivity contribution in [2.45, 2.75) is 26.3 Å². The van der Waals surface area contributed by atoms with Crippen molar-refractivity contribution in [3.05, 3.63) is 75.7 Å². The Bertz CT molecular complexity index is 1050. The maximum Gasteiger partial charge on any atom is 0.325 e. The highest BCUT2D eigenvalue weighted by Crippen LogP contribution is 2.17. The summed E-state index contributed by atoms with van der Waals surface area (Å²) in [6.07, 6.45) is 1.93. The molecule has 0 spiro atoms. The number of pyridine rings is 2. The van der Waals surface area contributed by atoms with Crippen molar-refractivity contribution >= 4 is 17.0 Å². The summed E-state index contributed by atoms with van der Waals surface area (Å²) in [5.74, 6) is -2.28. The largest absolute Gasteiger partial charge is 0.465 e. The van der Waals surface area contributed by atoms with Gasteiger partial charge < -0.3 is 9.30 Å². The SMILES string of the molecule is CCOC(=O)Cn1c(CCc2cccc(F)c2F)cc(=O)c2ncccc21. The molecular weight excluding hydrogens is 354 g/mol. The van der Waals surface area contributed by atoms with Crippen LogP contribution in [0.15, 0.2) is 47.4 Å². The zero-order valence-corrected chi connectivity index (χ0v) is 14.7. The van der Waals surface area contributed by atoms with Gasteiger partial charge in [-0.05, 0) is 43.5 Å². The normalized spacial score (nSPS) is 10.9. The van der Waals surface area contributed by atoms with Gasteiger partial charge in [-0.2, -0.15) is 0 Å². The fraction of sp³-hybridized carbons (Fsp3) is 0.250. The van der Waals surface area contributed by atoms with Gasteiger partial charge in [-0.25, -0.2) is 8.78 Å². The summed E-state index contributed by atoms with van der Waals surface area (Å²) in [5, 5.41) is 0. The van der Waals surface area contributed by atoms with E-state index >= 15 is 0 Å². The number of ether oxygens (including phenoxy) is 1. The van der Waals surface area contributed by atoms with Crippen LogP contribution in [0.3, 0.4) is 0 Å². The number of benzene rings is 1. The molecule has 0 N–H and O–H groups in total. The lowest BCUT2D eigenvalue weighted by molar-refractivity contribution is -0.143. The average Bonchev–Trinajstić information content (AvgIpc) is 2.66. The molecule has 7 heteroatoms. The Morgan fingerprint density at radius 3 is 2.78 bits per heavy atom. The number of halogens is 2. The third kappa shape index (κ3) is 4.02. The second-order valence-electron chi connectivity index (χ2n) is 5.98. The van der Waals surface area contributed by atoms with E-state index in [4.69, 9.17) is 4.74 Å². The van der Waals surface area contributed by atoms with Crippen LogP contribution in [0.25, 0.3) is 11.0 Å². The third-order valence-corrected chi connectivity index (χ3v) is 4.23. The highest BCUT2D eigenvalue weighted by atomic mass is 19.2. The van der Waals surface area contributed by atoms with E-state index in [2.05, 4.69) is 4.98 Å². The highest BCUT2D eigenvalue weighted by Gasteiger charge is 2.15. The van der Waals surface area contributed by atoms with Crippen LogP contribution in [-0.4, -0.2) is 22.1 Å². The first-order chi connectivity index (χ1) is 13.0. The molecule has 0 aliphatic carbocycles. The van der Waals surface area contributed by atoms with Gasteiger partial charge in [0.25, 0.3) is 0 Å². The van der Waals surface area contributed by atoms with Crippen LogP contribution < -0.4 is 5.43 Å². The van der Waals surface area contributed by atoms with Crippen molar-refractivity contribution in [2.75, 3.05) is 6.61 Å². The Morgan fingerprint density at radius 2 is 2.00 bits per heavy atom. The molecule has 3 aromatic rings. The molecule has 0 bridgehead atoms.